The topological polar surface area (TPSA) is 38.3 Å². The van der Waals surface area contributed by atoms with E-state index in [-0.39, 0.29) is 5.91 Å². The highest BCUT2D eigenvalue weighted by atomic mass is 35.5. The lowest BCUT2D eigenvalue weighted by Gasteiger charge is -2.15. The third kappa shape index (κ3) is 3.63. The minimum Gasteiger partial charge on any atom is -0.479 e. The van der Waals surface area contributed by atoms with Gasteiger partial charge in [-0.05, 0) is 42.0 Å². The normalized spacial score (nSPS) is 11.9. The second-order valence-electron chi connectivity index (χ2n) is 5.24. The van der Waals surface area contributed by atoms with Crippen molar-refractivity contribution in [2.75, 3.05) is 5.32 Å². The number of anilines is 1. The van der Waals surface area contributed by atoms with E-state index in [1.54, 1.807) is 19.1 Å². The highest BCUT2D eigenvalue weighted by molar-refractivity contribution is 6.32. The van der Waals surface area contributed by atoms with Crippen molar-refractivity contribution in [3.05, 3.63) is 71.8 Å². The van der Waals surface area contributed by atoms with E-state index in [0.29, 0.717) is 10.8 Å². The van der Waals surface area contributed by atoms with Crippen molar-refractivity contribution in [1.82, 2.24) is 0 Å². The van der Waals surface area contributed by atoms with E-state index in [4.69, 9.17) is 16.3 Å². The molecule has 0 aliphatic rings. The number of hydrogen-bond donors (Lipinski definition) is 1. The van der Waals surface area contributed by atoms with Crippen molar-refractivity contribution in [3.63, 3.8) is 0 Å². The number of para-hydroxylation sites is 1. The average Bonchev–Trinajstić information content (AvgIpc) is 2.56. The Labute approximate surface area is 139 Å². The summed E-state index contributed by atoms with van der Waals surface area (Å²) in [5, 5.41) is 5.56. The Kier molecular flexibility index (Phi) is 4.49. The molecular formula is C19H16ClNO2. The predicted octanol–water partition coefficient (Wildman–Crippen LogP) is 4.90. The molecule has 0 saturated heterocycles. The molecule has 116 valence electrons. The summed E-state index contributed by atoms with van der Waals surface area (Å²) in [6.07, 6.45) is -0.652. The van der Waals surface area contributed by atoms with Gasteiger partial charge in [-0.2, -0.15) is 0 Å². The van der Waals surface area contributed by atoms with E-state index in [2.05, 4.69) is 5.32 Å². The molecule has 23 heavy (non-hydrogen) atoms. The van der Waals surface area contributed by atoms with Crippen LogP contribution in [0, 0.1) is 0 Å². The van der Waals surface area contributed by atoms with Gasteiger partial charge in [0.15, 0.2) is 6.10 Å². The van der Waals surface area contributed by atoms with Crippen molar-refractivity contribution in [2.24, 2.45) is 0 Å². The molecule has 0 bridgehead atoms. The molecule has 0 radical (unpaired) electrons. The summed E-state index contributed by atoms with van der Waals surface area (Å²) in [6.45, 7) is 1.69. The van der Waals surface area contributed by atoms with Gasteiger partial charge in [0.1, 0.15) is 5.75 Å². The summed E-state index contributed by atoms with van der Waals surface area (Å²) in [4.78, 5) is 12.3. The highest BCUT2D eigenvalue weighted by Crippen LogP contribution is 2.25. The molecule has 0 saturated carbocycles. The first kappa shape index (κ1) is 15.4. The smallest absolute Gasteiger partial charge is 0.265 e. The summed E-state index contributed by atoms with van der Waals surface area (Å²) in [5.74, 6) is 0.274. The Hall–Kier alpha value is -2.52. The van der Waals surface area contributed by atoms with Gasteiger partial charge in [-0.25, -0.2) is 0 Å². The van der Waals surface area contributed by atoms with Crippen LogP contribution in [0.3, 0.4) is 0 Å². The Morgan fingerprint density at radius 3 is 2.48 bits per heavy atom. The first-order valence-electron chi connectivity index (χ1n) is 7.34. The maximum atomic E-state index is 12.3. The molecule has 0 aromatic heterocycles. The average molecular weight is 326 g/mol. The van der Waals surface area contributed by atoms with Gasteiger partial charge in [-0.15, -0.1) is 0 Å². The maximum absolute atomic E-state index is 12.3. The van der Waals surface area contributed by atoms with Crippen molar-refractivity contribution in [3.8, 4) is 5.75 Å². The standard InChI is InChI=1S/C19H16ClNO2/c1-13(23-18-9-5-4-8-17(18)20)19(22)21-16-11-10-14-6-2-3-7-15(14)12-16/h2-13H,1H3,(H,21,22)/t13-/m1/s1. The lowest BCUT2D eigenvalue weighted by atomic mass is 10.1. The molecule has 3 nitrogen and oxygen atoms in total. The maximum Gasteiger partial charge on any atom is 0.265 e. The second kappa shape index (κ2) is 6.71. The number of halogens is 1. The van der Waals surface area contributed by atoms with Crippen molar-refractivity contribution < 1.29 is 9.53 Å². The summed E-state index contributed by atoms with van der Waals surface area (Å²) < 4.78 is 5.62. The summed E-state index contributed by atoms with van der Waals surface area (Å²) in [6, 6.07) is 20.9. The van der Waals surface area contributed by atoms with Gasteiger partial charge in [-0.3, -0.25) is 4.79 Å². The van der Waals surface area contributed by atoms with E-state index < -0.39 is 6.10 Å². The molecule has 1 N–H and O–H groups in total. The van der Waals surface area contributed by atoms with Crippen LogP contribution in [0.2, 0.25) is 5.02 Å². The van der Waals surface area contributed by atoms with E-state index in [0.717, 1.165) is 16.5 Å². The van der Waals surface area contributed by atoms with Gasteiger partial charge in [0.05, 0.1) is 5.02 Å². The van der Waals surface area contributed by atoms with Gasteiger partial charge in [0.2, 0.25) is 0 Å². The lowest BCUT2D eigenvalue weighted by Crippen LogP contribution is -2.30. The molecule has 0 spiro atoms. The molecule has 1 amide bonds. The monoisotopic (exact) mass is 325 g/mol. The first-order valence-corrected chi connectivity index (χ1v) is 7.72. The Morgan fingerprint density at radius 1 is 1.00 bits per heavy atom. The Balaban J connectivity index is 1.71. The molecule has 4 heteroatoms. The zero-order valence-corrected chi connectivity index (χ0v) is 13.4. The number of hydrogen-bond acceptors (Lipinski definition) is 2. The molecule has 3 aromatic carbocycles. The largest absolute Gasteiger partial charge is 0.479 e. The number of fused-ring (bicyclic) bond motifs is 1. The SMILES string of the molecule is C[C@@H](Oc1ccccc1Cl)C(=O)Nc1ccc2ccccc2c1. The zero-order valence-electron chi connectivity index (χ0n) is 12.6. The first-order chi connectivity index (χ1) is 11.1. The highest BCUT2D eigenvalue weighted by Gasteiger charge is 2.16. The van der Waals surface area contributed by atoms with Gasteiger partial charge in [0, 0.05) is 5.69 Å². The van der Waals surface area contributed by atoms with E-state index in [1.807, 2.05) is 54.6 Å². The van der Waals surface area contributed by atoms with Crippen molar-refractivity contribution >= 4 is 34.0 Å². The minimum absolute atomic E-state index is 0.222. The van der Waals surface area contributed by atoms with Gasteiger partial charge >= 0.3 is 0 Å². The number of carbonyl (C=O) groups excluding carboxylic acids is 1. The van der Waals surface area contributed by atoms with E-state index >= 15 is 0 Å². The fourth-order valence-electron chi connectivity index (χ4n) is 2.30. The molecule has 0 heterocycles. The number of carbonyl (C=O) groups is 1. The fourth-order valence-corrected chi connectivity index (χ4v) is 2.48. The molecule has 0 aliphatic carbocycles. The van der Waals surface area contributed by atoms with Crippen LogP contribution in [-0.4, -0.2) is 12.0 Å². The molecule has 3 aromatic rings. The fraction of sp³-hybridized carbons (Fsp3) is 0.105. The molecule has 1 atom stereocenters. The third-order valence-electron chi connectivity index (χ3n) is 3.53. The minimum atomic E-state index is -0.652. The van der Waals surface area contributed by atoms with Crippen LogP contribution >= 0.6 is 11.6 Å². The third-order valence-corrected chi connectivity index (χ3v) is 3.84. The van der Waals surface area contributed by atoms with Crippen LogP contribution in [0.5, 0.6) is 5.75 Å². The van der Waals surface area contributed by atoms with Crippen LogP contribution < -0.4 is 10.1 Å². The molecule has 3 rings (SSSR count). The van der Waals surface area contributed by atoms with Crippen LogP contribution in [0.15, 0.2) is 66.7 Å². The van der Waals surface area contributed by atoms with E-state index in [9.17, 15) is 4.79 Å². The van der Waals surface area contributed by atoms with Crippen LogP contribution in [0.4, 0.5) is 5.69 Å². The molecule has 0 unspecified atom stereocenters. The van der Waals surface area contributed by atoms with Gasteiger partial charge in [-0.1, -0.05) is 54.1 Å². The Morgan fingerprint density at radius 2 is 1.70 bits per heavy atom. The van der Waals surface area contributed by atoms with Crippen molar-refractivity contribution in [1.29, 1.82) is 0 Å². The number of amides is 1. The molecule has 0 aliphatic heterocycles. The number of ether oxygens (including phenoxy) is 1. The van der Waals surface area contributed by atoms with Gasteiger partial charge < -0.3 is 10.1 Å². The van der Waals surface area contributed by atoms with Crippen molar-refractivity contribution in [2.45, 2.75) is 13.0 Å². The second-order valence-corrected chi connectivity index (χ2v) is 5.65. The lowest BCUT2D eigenvalue weighted by molar-refractivity contribution is -0.122. The number of benzene rings is 3. The predicted molar refractivity (Wildman–Crippen MR) is 94.1 cm³/mol. The quantitative estimate of drug-likeness (QED) is 0.741. The number of rotatable bonds is 4. The van der Waals surface area contributed by atoms with Crippen LogP contribution in [0.25, 0.3) is 10.8 Å². The summed E-state index contributed by atoms with van der Waals surface area (Å²) in [5.41, 5.74) is 0.739. The van der Waals surface area contributed by atoms with Crippen LogP contribution in [-0.2, 0) is 4.79 Å². The Bertz CT molecular complexity index is 847. The molecule has 0 fully saturated rings. The number of nitrogens with one attached hydrogen (secondary N) is 1. The summed E-state index contributed by atoms with van der Waals surface area (Å²) in [7, 11) is 0. The van der Waals surface area contributed by atoms with Gasteiger partial charge in [0.25, 0.3) is 5.91 Å². The van der Waals surface area contributed by atoms with Crippen LogP contribution in [0.1, 0.15) is 6.92 Å². The zero-order chi connectivity index (χ0) is 16.2. The summed E-state index contributed by atoms with van der Waals surface area (Å²) >= 11 is 6.04. The van der Waals surface area contributed by atoms with E-state index in [1.165, 1.54) is 0 Å². The molecular weight excluding hydrogens is 310 g/mol.